The summed E-state index contributed by atoms with van der Waals surface area (Å²) in [7, 11) is 3.48. The number of carbonyl (C=O) groups excluding carboxylic acids is 1. The third-order valence-corrected chi connectivity index (χ3v) is 3.52. The van der Waals surface area contributed by atoms with Gasteiger partial charge in [0, 0.05) is 26.5 Å². The molecule has 7 nitrogen and oxygen atoms in total. The molecule has 0 aliphatic rings. The van der Waals surface area contributed by atoms with E-state index in [0.717, 1.165) is 11.3 Å². The van der Waals surface area contributed by atoms with Gasteiger partial charge in [0.15, 0.2) is 6.04 Å². The molecule has 0 spiro atoms. The minimum absolute atomic E-state index is 0.0460. The summed E-state index contributed by atoms with van der Waals surface area (Å²) in [4.78, 5) is 18.2. The van der Waals surface area contributed by atoms with Crippen LogP contribution in [0.1, 0.15) is 17.3 Å². The zero-order valence-electron chi connectivity index (χ0n) is 13.1. The fraction of sp³-hybridized carbons (Fsp3) is 0.250. The molecule has 0 aliphatic heterocycles. The zero-order chi connectivity index (χ0) is 16.2. The second kappa shape index (κ2) is 6.43. The molecule has 1 unspecified atom stereocenters. The lowest BCUT2D eigenvalue weighted by Crippen LogP contribution is -2.32. The summed E-state index contributed by atoms with van der Waals surface area (Å²) in [6, 6.07) is 9.07. The van der Waals surface area contributed by atoms with Crippen molar-refractivity contribution in [2.75, 3.05) is 14.1 Å². The second-order valence-corrected chi connectivity index (χ2v) is 5.47. The molecule has 1 aromatic carbocycles. The number of likely N-dealkylation sites (N-methyl/N-ethyl adjacent to an activating group) is 1. The third-order valence-electron chi connectivity index (χ3n) is 3.52. The van der Waals surface area contributed by atoms with Crippen LogP contribution >= 0.6 is 0 Å². The topological polar surface area (TPSA) is 68.8 Å². The van der Waals surface area contributed by atoms with Crippen molar-refractivity contribution >= 4 is 5.91 Å². The molecule has 1 atom stereocenters. The van der Waals surface area contributed by atoms with E-state index >= 15 is 0 Å². The van der Waals surface area contributed by atoms with E-state index in [9.17, 15) is 4.79 Å². The number of aromatic nitrogens is 5. The van der Waals surface area contributed by atoms with Gasteiger partial charge in [-0.15, -0.1) is 5.10 Å². The van der Waals surface area contributed by atoms with Gasteiger partial charge in [0.05, 0.1) is 19.1 Å². The molecule has 0 bridgehead atoms. The largest absolute Gasteiger partial charge is 0.347 e. The van der Waals surface area contributed by atoms with Crippen LogP contribution in [0.4, 0.5) is 0 Å². The summed E-state index contributed by atoms with van der Waals surface area (Å²) in [6.45, 7) is 0.567. The van der Waals surface area contributed by atoms with E-state index < -0.39 is 6.04 Å². The van der Waals surface area contributed by atoms with Gasteiger partial charge in [-0.25, -0.2) is 9.67 Å². The fourth-order valence-corrected chi connectivity index (χ4v) is 2.37. The van der Waals surface area contributed by atoms with Crippen molar-refractivity contribution in [2.45, 2.75) is 12.6 Å². The summed E-state index contributed by atoms with van der Waals surface area (Å²) in [5.41, 5.74) is 1.65. The summed E-state index contributed by atoms with van der Waals surface area (Å²) in [5.74, 6) is -0.0460. The Hall–Kier alpha value is -2.96. The molecule has 0 radical (unpaired) electrons. The summed E-state index contributed by atoms with van der Waals surface area (Å²) in [5, 5.41) is 8.34. The normalized spacial score (nSPS) is 12.1. The standard InChI is InChI=1S/C16H18N6O/c1-20(2)16(23)15(13-6-4-3-5-7-13)22-11-14(18-19-22)10-21-9-8-17-12-21/h3-9,11-12,15H,10H2,1-2H3. The van der Waals surface area contributed by atoms with Crippen molar-refractivity contribution in [3.8, 4) is 0 Å². The molecule has 2 heterocycles. The van der Waals surface area contributed by atoms with Crippen LogP contribution in [0.25, 0.3) is 0 Å². The van der Waals surface area contributed by atoms with E-state index in [2.05, 4.69) is 15.3 Å². The maximum atomic E-state index is 12.6. The van der Waals surface area contributed by atoms with Crippen LogP contribution in [0.2, 0.25) is 0 Å². The molecular weight excluding hydrogens is 292 g/mol. The molecule has 3 rings (SSSR count). The molecule has 0 saturated heterocycles. The van der Waals surface area contributed by atoms with Crippen molar-refractivity contribution in [1.82, 2.24) is 29.4 Å². The van der Waals surface area contributed by atoms with E-state index in [1.165, 1.54) is 0 Å². The number of nitrogens with zero attached hydrogens (tertiary/aromatic N) is 6. The van der Waals surface area contributed by atoms with Gasteiger partial charge >= 0.3 is 0 Å². The minimum atomic E-state index is -0.518. The lowest BCUT2D eigenvalue weighted by atomic mass is 10.1. The molecular formula is C16H18N6O. The van der Waals surface area contributed by atoms with Crippen LogP contribution in [-0.4, -0.2) is 49.4 Å². The average molecular weight is 310 g/mol. The lowest BCUT2D eigenvalue weighted by Gasteiger charge is -2.20. The lowest BCUT2D eigenvalue weighted by molar-refractivity contribution is -0.131. The number of rotatable bonds is 5. The van der Waals surface area contributed by atoms with Crippen molar-refractivity contribution in [3.63, 3.8) is 0 Å². The van der Waals surface area contributed by atoms with E-state index in [0.29, 0.717) is 6.54 Å². The Bertz CT molecular complexity index is 763. The predicted octanol–water partition coefficient (Wildman–Crippen LogP) is 1.20. The molecule has 3 aromatic rings. The van der Waals surface area contributed by atoms with Gasteiger partial charge in [0.2, 0.25) is 0 Å². The summed E-state index contributed by atoms with van der Waals surface area (Å²) < 4.78 is 3.52. The number of hydrogen-bond acceptors (Lipinski definition) is 4. The first-order valence-electron chi connectivity index (χ1n) is 7.27. The van der Waals surface area contributed by atoms with Gasteiger partial charge in [0.1, 0.15) is 5.69 Å². The monoisotopic (exact) mass is 310 g/mol. The van der Waals surface area contributed by atoms with Gasteiger partial charge in [-0.05, 0) is 5.56 Å². The van der Waals surface area contributed by atoms with E-state index in [1.807, 2.05) is 41.1 Å². The maximum Gasteiger partial charge on any atom is 0.251 e. The van der Waals surface area contributed by atoms with Crippen LogP contribution in [0, 0.1) is 0 Å². The van der Waals surface area contributed by atoms with Gasteiger partial charge in [-0.2, -0.15) is 0 Å². The Morgan fingerprint density at radius 1 is 1.26 bits per heavy atom. The van der Waals surface area contributed by atoms with Crippen LogP contribution in [-0.2, 0) is 11.3 Å². The first-order chi connectivity index (χ1) is 11.1. The van der Waals surface area contributed by atoms with E-state index in [1.54, 1.807) is 42.4 Å². The molecule has 0 fully saturated rings. The predicted molar refractivity (Wildman–Crippen MR) is 84.6 cm³/mol. The highest BCUT2D eigenvalue weighted by atomic mass is 16.2. The Labute approximate surface area is 134 Å². The van der Waals surface area contributed by atoms with Crippen LogP contribution in [0.15, 0.2) is 55.2 Å². The van der Waals surface area contributed by atoms with Crippen LogP contribution in [0.3, 0.4) is 0 Å². The van der Waals surface area contributed by atoms with Gasteiger partial charge in [0.25, 0.3) is 5.91 Å². The van der Waals surface area contributed by atoms with Crippen LogP contribution < -0.4 is 0 Å². The molecule has 0 saturated carbocycles. The number of amides is 1. The first-order valence-corrected chi connectivity index (χ1v) is 7.27. The molecule has 1 amide bonds. The summed E-state index contributed by atoms with van der Waals surface area (Å²) >= 11 is 0. The fourth-order valence-electron chi connectivity index (χ4n) is 2.37. The van der Waals surface area contributed by atoms with E-state index in [-0.39, 0.29) is 5.91 Å². The highest BCUT2D eigenvalue weighted by Crippen LogP contribution is 2.19. The van der Waals surface area contributed by atoms with Gasteiger partial charge in [-0.1, -0.05) is 35.5 Å². The van der Waals surface area contributed by atoms with Crippen molar-refractivity contribution in [3.05, 3.63) is 66.5 Å². The SMILES string of the molecule is CN(C)C(=O)C(c1ccccc1)n1cc(Cn2ccnc2)nn1. The third kappa shape index (κ3) is 3.28. The van der Waals surface area contributed by atoms with Crippen molar-refractivity contribution < 1.29 is 4.79 Å². The molecule has 0 aliphatic carbocycles. The molecule has 0 N–H and O–H groups in total. The molecule has 118 valence electrons. The summed E-state index contributed by atoms with van der Waals surface area (Å²) in [6.07, 6.45) is 7.10. The Balaban J connectivity index is 1.91. The smallest absolute Gasteiger partial charge is 0.251 e. The number of carbonyl (C=O) groups is 1. The Kier molecular flexibility index (Phi) is 4.18. The number of hydrogen-bond donors (Lipinski definition) is 0. The van der Waals surface area contributed by atoms with Gasteiger partial charge in [-0.3, -0.25) is 4.79 Å². The van der Waals surface area contributed by atoms with Crippen LogP contribution in [0.5, 0.6) is 0 Å². The van der Waals surface area contributed by atoms with E-state index in [4.69, 9.17) is 0 Å². The van der Waals surface area contributed by atoms with Crippen molar-refractivity contribution in [2.24, 2.45) is 0 Å². The average Bonchev–Trinajstić information content (AvgIpc) is 3.21. The minimum Gasteiger partial charge on any atom is -0.347 e. The second-order valence-electron chi connectivity index (χ2n) is 5.47. The first kappa shape index (κ1) is 15.0. The Morgan fingerprint density at radius 2 is 2.04 bits per heavy atom. The number of imidazole rings is 1. The highest BCUT2D eigenvalue weighted by molar-refractivity contribution is 5.83. The molecule has 23 heavy (non-hydrogen) atoms. The van der Waals surface area contributed by atoms with Gasteiger partial charge < -0.3 is 9.47 Å². The molecule has 2 aromatic heterocycles. The molecule has 7 heteroatoms. The van der Waals surface area contributed by atoms with Crippen molar-refractivity contribution in [1.29, 1.82) is 0 Å². The maximum absolute atomic E-state index is 12.6. The Morgan fingerprint density at radius 3 is 2.70 bits per heavy atom. The quantitative estimate of drug-likeness (QED) is 0.710. The highest BCUT2D eigenvalue weighted by Gasteiger charge is 2.25. The number of benzene rings is 1. The zero-order valence-corrected chi connectivity index (χ0v) is 13.1.